The molecule has 0 aromatic heterocycles. The van der Waals surface area contributed by atoms with Crippen molar-refractivity contribution < 1.29 is 0 Å². The van der Waals surface area contributed by atoms with Gasteiger partial charge in [0.25, 0.3) is 0 Å². The van der Waals surface area contributed by atoms with E-state index in [0.717, 1.165) is 6.54 Å². The lowest BCUT2D eigenvalue weighted by atomic mass is 10.0. The number of nitrogens with one attached hydrogen (secondary N) is 2. The van der Waals surface area contributed by atoms with Crippen LogP contribution in [-0.4, -0.2) is 24.7 Å². The molecule has 1 saturated heterocycles. The minimum absolute atomic E-state index is 0.351. The van der Waals surface area contributed by atoms with Gasteiger partial charge in [-0.2, -0.15) is 0 Å². The van der Waals surface area contributed by atoms with Crippen molar-refractivity contribution in [3.8, 4) is 0 Å². The van der Waals surface area contributed by atoms with Gasteiger partial charge in [0.1, 0.15) is 0 Å². The first-order chi connectivity index (χ1) is 5.64. The Balaban J connectivity index is 2.11. The summed E-state index contributed by atoms with van der Waals surface area (Å²) in [4.78, 5) is 0. The molecule has 0 amide bonds. The lowest BCUT2D eigenvalue weighted by molar-refractivity contribution is 0.441. The van der Waals surface area contributed by atoms with Gasteiger partial charge in [0.2, 0.25) is 0 Å². The van der Waals surface area contributed by atoms with Crippen molar-refractivity contribution in [1.29, 1.82) is 0 Å². The van der Waals surface area contributed by atoms with Crippen LogP contribution in [0.3, 0.4) is 0 Å². The summed E-state index contributed by atoms with van der Waals surface area (Å²) in [5.41, 5.74) is 0.351. The summed E-state index contributed by atoms with van der Waals surface area (Å²) in [5.74, 6) is 0. The first-order valence-electron chi connectivity index (χ1n) is 5.12. The number of unbranched alkanes of at least 4 members (excludes halogenated alkanes) is 1. The van der Waals surface area contributed by atoms with Gasteiger partial charge in [-0.1, -0.05) is 13.3 Å². The first kappa shape index (κ1) is 10.0. The van der Waals surface area contributed by atoms with E-state index in [0.29, 0.717) is 11.6 Å². The van der Waals surface area contributed by atoms with Crippen molar-refractivity contribution in [2.75, 3.05) is 13.1 Å². The average Bonchev–Trinajstić information content (AvgIpc) is 2.31. The third kappa shape index (κ3) is 3.11. The zero-order chi connectivity index (χ0) is 9.03. The average molecular weight is 170 g/mol. The Morgan fingerprint density at radius 3 is 2.75 bits per heavy atom. The van der Waals surface area contributed by atoms with Gasteiger partial charge in [-0.25, -0.2) is 0 Å². The van der Waals surface area contributed by atoms with E-state index >= 15 is 0 Å². The molecule has 12 heavy (non-hydrogen) atoms. The van der Waals surface area contributed by atoms with Crippen LogP contribution in [0, 0.1) is 0 Å². The summed E-state index contributed by atoms with van der Waals surface area (Å²) in [6.45, 7) is 9.09. The Hall–Kier alpha value is -0.0800. The summed E-state index contributed by atoms with van der Waals surface area (Å²) in [6, 6.07) is 0.701. The van der Waals surface area contributed by atoms with E-state index in [-0.39, 0.29) is 0 Å². The fourth-order valence-corrected chi connectivity index (χ4v) is 1.79. The van der Waals surface area contributed by atoms with Gasteiger partial charge < -0.3 is 10.6 Å². The van der Waals surface area contributed by atoms with Crippen LogP contribution in [-0.2, 0) is 0 Å². The van der Waals surface area contributed by atoms with Gasteiger partial charge in [-0.3, -0.25) is 0 Å². The molecule has 1 aliphatic heterocycles. The second-order valence-corrected chi connectivity index (χ2v) is 4.47. The highest BCUT2D eigenvalue weighted by atomic mass is 15.1. The maximum atomic E-state index is 3.58. The molecule has 1 aliphatic rings. The molecule has 1 atom stereocenters. The molecule has 0 radical (unpaired) electrons. The van der Waals surface area contributed by atoms with Crippen molar-refractivity contribution >= 4 is 0 Å². The number of hydrogen-bond donors (Lipinski definition) is 2. The molecule has 1 fully saturated rings. The van der Waals surface area contributed by atoms with Gasteiger partial charge >= 0.3 is 0 Å². The van der Waals surface area contributed by atoms with Crippen LogP contribution in [0.5, 0.6) is 0 Å². The largest absolute Gasteiger partial charge is 0.313 e. The normalized spacial score (nSPS) is 27.8. The standard InChI is InChI=1S/C10H22N2/c1-4-5-6-11-9-7-10(2,3)12-8-9/h9,11-12H,4-8H2,1-3H3. The fraction of sp³-hybridized carbons (Fsp3) is 1.00. The fourth-order valence-electron chi connectivity index (χ4n) is 1.79. The zero-order valence-corrected chi connectivity index (χ0v) is 8.61. The molecule has 0 aromatic rings. The lowest BCUT2D eigenvalue weighted by Crippen LogP contribution is -2.31. The van der Waals surface area contributed by atoms with E-state index in [1.807, 2.05) is 0 Å². The Morgan fingerprint density at radius 1 is 1.50 bits per heavy atom. The predicted octanol–water partition coefficient (Wildman–Crippen LogP) is 1.52. The third-order valence-electron chi connectivity index (χ3n) is 2.55. The topological polar surface area (TPSA) is 24.1 Å². The predicted molar refractivity (Wildman–Crippen MR) is 53.4 cm³/mol. The zero-order valence-electron chi connectivity index (χ0n) is 8.61. The lowest BCUT2D eigenvalue weighted by Gasteiger charge is -2.17. The van der Waals surface area contributed by atoms with Crippen LogP contribution >= 0.6 is 0 Å². The minimum Gasteiger partial charge on any atom is -0.313 e. The molecule has 1 rings (SSSR count). The molecule has 0 aliphatic carbocycles. The van der Waals surface area contributed by atoms with Crippen LogP contribution < -0.4 is 10.6 Å². The van der Waals surface area contributed by atoms with E-state index in [9.17, 15) is 0 Å². The molecule has 1 heterocycles. The van der Waals surface area contributed by atoms with E-state index in [1.165, 1.54) is 25.8 Å². The summed E-state index contributed by atoms with van der Waals surface area (Å²) in [5, 5.41) is 7.09. The Labute approximate surface area is 76.1 Å². The highest BCUT2D eigenvalue weighted by molar-refractivity contribution is 4.92. The van der Waals surface area contributed by atoms with Gasteiger partial charge in [0.15, 0.2) is 0 Å². The summed E-state index contributed by atoms with van der Waals surface area (Å²) >= 11 is 0. The molecule has 2 N–H and O–H groups in total. The van der Waals surface area contributed by atoms with Crippen molar-refractivity contribution in [1.82, 2.24) is 10.6 Å². The molecule has 0 bridgehead atoms. The second-order valence-electron chi connectivity index (χ2n) is 4.47. The Morgan fingerprint density at radius 2 is 2.25 bits per heavy atom. The smallest absolute Gasteiger partial charge is 0.0210 e. The van der Waals surface area contributed by atoms with E-state index in [2.05, 4.69) is 31.4 Å². The molecular weight excluding hydrogens is 148 g/mol. The summed E-state index contributed by atoms with van der Waals surface area (Å²) < 4.78 is 0. The molecule has 72 valence electrons. The molecular formula is C10H22N2. The Bertz CT molecular complexity index is 132. The van der Waals surface area contributed by atoms with Crippen molar-refractivity contribution in [2.45, 2.75) is 51.6 Å². The first-order valence-corrected chi connectivity index (χ1v) is 5.12. The third-order valence-corrected chi connectivity index (χ3v) is 2.55. The number of rotatable bonds is 4. The van der Waals surface area contributed by atoms with E-state index < -0.39 is 0 Å². The molecule has 2 nitrogen and oxygen atoms in total. The molecule has 2 heteroatoms. The minimum atomic E-state index is 0.351. The number of hydrogen-bond acceptors (Lipinski definition) is 2. The molecule has 1 unspecified atom stereocenters. The van der Waals surface area contributed by atoms with Gasteiger partial charge in [-0.05, 0) is 33.2 Å². The SMILES string of the molecule is CCCCNC1CNC(C)(C)C1. The second kappa shape index (κ2) is 4.24. The van der Waals surface area contributed by atoms with E-state index in [1.54, 1.807) is 0 Å². The van der Waals surface area contributed by atoms with Crippen molar-refractivity contribution in [3.05, 3.63) is 0 Å². The highest BCUT2D eigenvalue weighted by Gasteiger charge is 2.29. The summed E-state index contributed by atoms with van der Waals surface area (Å²) in [6.07, 6.45) is 3.85. The van der Waals surface area contributed by atoms with Crippen LogP contribution in [0.4, 0.5) is 0 Å². The van der Waals surface area contributed by atoms with E-state index in [4.69, 9.17) is 0 Å². The van der Waals surface area contributed by atoms with Gasteiger partial charge in [0, 0.05) is 18.1 Å². The molecule has 0 spiro atoms. The van der Waals surface area contributed by atoms with Crippen LogP contribution in [0.15, 0.2) is 0 Å². The summed E-state index contributed by atoms with van der Waals surface area (Å²) in [7, 11) is 0. The van der Waals surface area contributed by atoms with Crippen LogP contribution in [0.25, 0.3) is 0 Å². The highest BCUT2D eigenvalue weighted by Crippen LogP contribution is 2.17. The van der Waals surface area contributed by atoms with Crippen LogP contribution in [0.2, 0.25) is 0 Å². The maximum Gasteiger partial charge on any atom is 0.0210 e. The Kier molecular flexibility index (Phi) is 3.53. The van der Waals surface area contributed by atoms with Gasteiger partial charge in [-0.15, -0.1) is 0 Å². The quantitative estimate of drug-likeness (QED) is 0.625. The van der Waals surface area contributed by atoms with Crippen LogP contribution in [0.1, 0.15) is 40.0 Å². The molecule has 0 saturated carbocycles. The monoisotopic (exact) mass is 170 g/mol. The van der Waals surface area contributed by atoms with Crippen molar-refractivity contribution in [2.24, 2.45) is 0 Å². The maximum absolute atomic E-state index is 3.58. The van der Waals surface area contributed by atoms with Gasteiger partial charge in [0.05, 0.1) is 0 Å². The van der Waals surface area contributed by atoms with Crippen molar-refractivity contribution in [3.63, 3.8) is 0 Å². The molecule has 0 aromatic carbocycles.